The molecule has 1 aromatic carbocycles. The van der Waals surface area contributed by atoms with Gasteiger partial charge < -0.3 is 9.84 Å². The molecule has 1 N–H and O–H groups in total. The number of rotatable bonds is 4. The van der Waals surface area contributed by atoms with Crippen LogP contribution in [0.3, 0.4) is 0 Å². The van der Waals surface area contributed by atoms with Crippen molar-refractivity contribution in [2.24, 2.45) is 0 Å². The summed E-state index contributed by atoms with van der Waals surface area (Å²) in [6.07, 6.45) is -0.862. The van der Waals surface area contributed by atoms with Crippen molar-refractivity contribution >= 4 is 18.1 Å². The maximum atomic E-state index is 9.86. The largest absolute Gasteiger partial charge is 0.465 e. The van der Waals surface area contributed by atoms with Gasteiger partial charge in [-0.05, 0) is 6.07 Å². The SMILES string of the molecule is O=COC[C@@H](O)c1ccccc1Cl. The molecule has 0 aliphatic rings. The number of aliphatic hydroxyl groups excluding tert-OH is 1. The van der Waals surface area contributed by atoms with Crippen LogP contribution in [-0.4, -0.2) is 18.2 Å². The standard InChI is InChI=1S/C9H9ClO3/c10-8-4-2-1-3-7(8)9(12)5-13-6-11/h1-4,6,9,12H,5H2/t9-/m1/s1. The monoisotopic (exact) mass is 200 g/mol. The van der Waals surface area contributed by atoms with Crippen molar-refractivity contribution in [1.29, 1.82) is 0 Å². The summed E-state index contributed by atoms with van der Waals surface area (Å²) in [5.41, 5.74) is 0.561. The Bertz CT molecular complexity index is 288. The van der Waals surface area contributed by atoms with Gasteiger partial charge in [0.15, 0.2) is 0 Å². The molecule has 1 aromatic rings. The fraction of sp³-hybridized carbons (Fsp3) is 0.222. The first-order valence-corrected chi connectivity index (χ1v) is 4.11. The molecule has 1 atom stereocenters. The second kappa shape index (κ2) is 4.84. The minimum atomic E-state index is -0.862. The number of hydrogen-bond donors (Lipinski definition) is 1. The molecule has 0 amide bonds. The fourth-order valence-corrected chi connectivity index (χ4v) is 1.23. The van der Waals surface area contributed by atoms with Gasteiger partial charge in [0.2, 0.25) is 0 Å². The summed E-state index contributed by atoms with van der Waals surface area (Å²) in [6.45, 7) is 0.216. The van der Waals surface area contributed by atoms with E-state index in [-0.39, 0.29) is 6.61 Å². The molecule has 0 fully saturated rings. The van der Waals surface area contributed by atoms with Crippen molar-refractivity contribution in [2.75, 3.05) is 6.61 Å². The van der Waals surface area contributed by atoms with E-state index in [1.807, 2.05) is 0 Å². The lowest BCUT2D eigenvalue weighted by atomic mass is 10.1. The van der Waals surface area contributed by atoms with E-state index in [4.69, 9.17) is 11.6 Å². The molecule has 1 rings (SSSR count). The van der Waals surface area contributed by atoms with E-state index in [1.54, 1.807) is 24.3 Å². The van der Waals surface area contributed by atoms with Crippen LogP contribution in [0.4, 0.5) is 0 Å². The normalized spacial score (nSPS) is 12.2. The van der Waals surface area contributed by atoms with Crippen LogP contribution < -0.4 is 0 Å². The van der Waals surface area contributed by atoms with E-state index in [2.05, 4.69) is 4.74 Å². The molecule has 70 valence electrons. The highest BCUT2D eigenvalue weighted by molar-refractivity contribution is 6.31. The van der Waals surface area contributed by atoms with Gasteiger partial charge in [-0.1, -0.05) is 29.8 Å². The van der Waals surface area contributed by atoms with Crippen molar-refractivity contribution in [2.45, 2.75) is 6.10 Å². The van der Waals surface area contributed by atoms with Crippen molar-refractivity contribution in [3.63, 3.8) is 0 Å². The van der Waals surface area contributed by atoms with Crippen LogP contribution in [-0.2, 0) is 9.53 Å². The number of halogens is 1. The zero-order valence-corrected chi connectivity index (χ0v) is 7.57. The number of carbonyl (C=O) groups excluding carboxylic acids is 1. The van der Waals surface area contributed by atoms with Crippen LogP contribution in [0.1, 0.15) is 11.7 Å². The molecule has 3 nitrogen and oxygen atoms in total. The van der Waals surface area contributed by atoms with Gasteiger partial charge in [0.05, 0.1) is 0 Å². The minimum Gasteiger partial charge on any atom is -0.465 e. The Morgan fingerprint density at radius 3 is 2.85 bits per heavy atom. The first-order valence-electron chi connectivity index (χ1n) is 3.73. The van der Waals surface area contributed by atoms with Gasteiger partial charge >= 0.3 is 0 Å². The molecule has 0 bridgehead atoms. The summed E-state index contributed by atoms with van der Waals surface area (Å²) in [4.78, 5) is 9.86. The van der Waals surface area contributed by atoms with Gasteiger partial charge in [0, 0.05) is 10.6 Å². The Balaban J connectivity index is 2.70. The lowest BCUT2D eigenvalue weighted by Gasteiger charge is -2.10. The van der Waals surface area contributed by atoms with Crippen LogP contribution in [0, 0.1) is 0 Å². The lowest BCUT2D eigenvalue weighted by Crippen LogP contribution is -2.06. The highest BCUT2D eigenvalue weighted by atomic mass is 35.5. The van der Waals surface area contributed by atoms with Gasteiger partial charge in [0.1, 0.15) is 12.7 Å². The van der Waals surface area contributed by atoms with E-state index < -0.39 is 6.10 Å². The zero-order valence-electron chi connectivity index (χ0n) is 6.81. The molecule has 0 unspecified atom stereocenters. The van der Waals surface area contributed by atoms with E-state index in [1.165, 1.54) is 0 Å². The van der Waals surface area contributed by atoms with Crippen LogP contribution in [0.2, 0.25) is 5.02 Å². The van der Waals surface area contributed by atoms with Crippen molar-refractivity contribution in [3.8, 4) is 0 Å². The van der Waals surface area contributed by atoms with Gasteiger partial charge in [-0.3, -0.25) is 4.79 Å². The van der Waals surface area contributed by atoms with Gasteiger partial charge in [-0.25, -0.2) is 0 Å². The highest BCUT2D eigenvalue weighted by Gasteiger charge is 2.10. The zero-order chi connectivity index (χ0) is 9.68. The third kappa shape index (κ3) is 2.72. The quantitative estimate of drug-likeness (QED) is 0.751. The molecule has 0 heterocycles. The minimum absolute atomic E-state index is 0.0762. The molecule has 4 heteroatoms. The molecule has 0 aliphatic carbocycles. The van der Waals surface area contributed by atoms with Gasteiger partial charge in [0.25, 0.3) is 6.47 Å². The molecule has 0 aliphatic heterocycles. The van der Waals surface area contributed by atoms with E-state index in [9.17, 15) is 9.90 Å². The topological polar surface area (TPSA) is 46.5 Å². The molecule has 0 radical (unpaired) electrons. The van der Waals surface area contributed by atoms with Crippen LogP contribution >= 0.6 is 11.6 Å². The summed E-state index contributed by atoms with van der Waals surface area (Å²) >= 11 is 5.79. The lowest BCUT2D eigenvalue weighted by molar-refractivity contribution is -0.131. The predicted octanol–water partition coefficient (Wildman–Crippen LogP) is 1.55. The average molecular weight is 201 g/mol. The highest BCUT2D eigenvalue weighted by Crippen LogP contribution is 2.22. The maximum absolute atomic E-state index is 9.86. The fourth-order valence-electron chi connectivity index (χ4n) is 0.966. The van der Waals surface area contributed by atoms with Crippen LogP contribution in [0.25, 0.3) is 0 Å². The van der Waals surface area contributed by atoms with E-state index >= 15 is 0 Å². The molecule has 0 saturated carbocycles. The molecule has 0 spiro atoms. The molecule has 0 aromatic heterocycles. The van der Waals surface area contributed by atoms with E-state index in [0.717, 1.165) is 0 Å². The number of benzene rings is 1. The predicted molar refractivity (Wildman–Crippen MR) is 48.4 cm³/mol. The third-order valence-corrected chi connectivity index (χ3v) is 1.93. The Hall–Kier alpha value is -1.06. The number of carbonyl (C=O) groups is 1. The molecular weight excluding hydrogens is 192 g/mol. The summed E-state index contributed by atoms with van der Waals surface area (Å²) < 4.78 is 4.42. The second-order valence-corrected chi connectivity index (χ2v) is 2.87. The van der Waals surface area contributed by atoms with Crippen molar-refractivity contribution < 1.29 is 14.6 Å². The number of aliphatic hydroxyl groups is 1. The Morgan fingerprint density at radius 1 is 1.54 bits per heavy atom. The summed E-state index contributed by atoms with van der Waals surface area (Å²) in [6, 6.07) is 6.87. The number of hydrogen-bond acceptors (Lipinski definition) is 3. The summed E-state index contributed by atoms with van der Waals surface area (Å²) in [5.74, 6) is 0. The summed E-state index contributed by atoms with van der Waals surface area (Å²) in [7, 11) is 0. The van der Waals surface area contributed by atoms with Gasteiger partial charge in [-0.2, -0.15) is 0 Å². The van der Waals surface area contributed by atoms with E-state index in [0.29, 0.717) is 17.1 Å². The average Bonchev–Trinajstić information content (AvgIpc) is 2.15. The molecular formula is C9H9ClO3. The molecule has 13 heavy (non-hydrogen) atoms. The number of ether oxygens (including phenoxy) is 1. The second-order valence-electron chi connectivity index (χ2n) is 2.47. The first-order chi connectivity index (χ1) is 6.25. The summed E-state index contributed by atoms with van der Waals surface area (Å²) in [5, 5.41) is 9.93. The molecule has 0 saturated heterocycles. The van der Waals surface area contributed by atoms with Crippen molar-refractivity contribution in [3.05, 3.63) is 34.9 Å². The third-order valence-electron chi connectivity index (χ3n) is 1.59. The Kier molecular flexibility index (Phi) is 3.73. The maximum Gasteiger partial charge on any atom is 0.293 e. The van der Waals surface area contributed by atoms with Crippen LogP contribution in [0.15, 0.2) is 24.3 Å². The smallest absolute Gasteiger partial charge is 0.293 e. The van der Waals surface area contributed by atoms with Crippen molar-refractivity contribution in [1.82, 2.24) is 0 Å². The van der Waals surface area contributed by atoms with Crippen LogP contribution in [0.5, 0.6) is 0 Å². The Morgan fingerprint density at radius 2 is 2.23 bits per heavy atom. The van der Waals surface area contributed by atoms with Gasteiger partial charge in [-0.15, -0.1) is 0 Å². The Labute approximate surface area is 80.9 Å². The first kappa shape index (κ1) is 10.0.